The number of primary amides is 2. The van der Waals surface area contributed by atoms with Gasteiger partial charge in [0.1, 0.15) is 0 Å². The number of nitrogens with two attached hydrogens (primary N) is 2. The minimum atomic E-state index is -0.116. The van der Waals surface area contributed by atoms with E-state index < -0.39 is 0 Å². The van der Waals surface area contributed by atoms with Crippen LogP contribution in [0.1, 0.15) is 73.6 Å². The Hall–Kier alpha value is -1.32. The minimum Gasteiger partial charge on any atom is -0.369 e. The van der Waals surface area contributed by atoms with Gasteiger partial charge in [-0.25, -0.2) is 0 Å². The van der Waals surface area contributed by atoms with Crippen molar-refractivity contribution in [1.29, 1.82) is 0 Å². The second-order valence-electron chi connectivity index (χ2n) is 7.01. The topological polar surface area (TPSA) is 86.2 Å². The molecule has 25 heavy (non-hydrogen) atoms. The maximum atomic E-state index is 11.0. The summed E-state index contributed by atoms with van der Waals surface area (Å²) in [6, 6.07) is 0. The van der Waals surface area contributed by atoms with Crippen molar-refractivity contribution in [3.05, 3.63) is 12.2 Å². The molecule has 4 nitrogen and oxygen atoms in total. The number of fused-ring (bicyclic) bond motifs is 2. The molecule has 0 aromatic carbocycles. The van der Waals surface area contributed by atoms with Crippen molar-refractivity contribution in [2.45, 2.75) is 73.6 Å². The van der Waals surface area contributed by atoms with E-state index in [-0.39, 0.29) is 23.7 Å². The van der Waals surface area contributed by atoms with Crippen LogP contribution in [0.5, 0.6) is 0 Å². The molecule has 4 N–H and O–H groups in total. The van der Waals surface area contributed by atoms with Crippen LogP contribution in [0.3, 0.4) is 0 Å². The Bertz CT molecular complexity index is 434. The van der Waals surface area contributed by atoms with Gasteiger partial charge in [0.15, 0.2) is 0 Å². The number of rotatable bonds is 2. The Morgan fingerprint density at radius 1 is 0.840 bits per heavy atom. The zero-order chi connectivity index (χ0) is 19.6. The smallest absolute Gasteiger partial charge is 0.221 e. The highest BCUT2D eigenvalue weighted by Crippen LogP contribution is 2.47. The molecule has 146 valence electrons. The van der Waals surface area contributed by atoms with Crippen LogP contribution in [0.25, 0.3) is 0 Å². The highest BCUT2D eigenvalue weighted by atomic mass is 16.1. The molecular weight excluding hydrogens is 312 g/mol. The lowest BCUT2D eigenvalue weighted by Crippen LogP contribution is -2.31. The summed E-state index contributed by atoms with van der Waals surface area (Å²) < 4.78 is 0. The van der Waals surface area contributed by atoms with E-state index in [0.717, 1.165) is 12.8 Å². The Morgan fingerprint density at radius 3 is 1.68 bits per heavy atom. The number of hydrogen-bond donors (Lipinski definition) is 2. The fraction of sp³-hybridized carbons (Fsp3) is 0.810. The molecule has 0 aromatic rings. The summed E-state index contributed by atoms with van der Waals surface area (Å²) in [5.41, 5.74) is 10.5. The van der Waals surface area contributed by atoms with Gasteiger partial charge in [0, 0.05) is 11.8 Å². The summed E-state index contributed by atoms with van der Waals surface area (Å²) in [4.78, 5) is 21.8. The van der Waals surface area contributed by atoms with E-state index in [1.54, 1.807) is 0 Å². The Kier molecular flexibility index (Phi) is 11.5. The normalized spacial score (nSPS) is 34.5. The zero-order valence-corrected chi connectivity index (χ0v) is 17.1. The molecule has 0 aliphatic heterocycles. The molecule has 3 rings (SSSR count). The van der Waals surface area contributed by atoms with Gasteiger partial charge in [-0.05, 0) is 42.9 Å². The third-order valence-corrected chi connectivity index (χ3v) is 5.66. The molecule has 0 spiro atoms. The highest BCUT2D eigenvalue weighted by molar-refractivity contribution is 5.78. The molecule has 3 aliphatic rings. The molecule has 4 heteroatoms. The van der Waals surface area contributed by atoms with Crippen molar-refractivity contribution < 1.29 is 9.59 Å². The fourth-order valence-electron chi connectivity index (χ4n) is 4.28. The summed E-state index contributed by atoms with van der Waals surface area (Å²) in [7, 11) is 0. The van der Waals surface area contributed by atoms with E-state index in [1.165, 1.54) is 19.3 Å². The first kappa shape index (κ1) is 23.7. The standard InChI is InChI=1S/C9H13NO.C8H15NO.2C2H6/c1-5-6-2-3-7(4-6)8(5)9(10)11;1-6-4-2-3-5-7(6)8(9)10;2*1-2/h2-3,5-8H,4H2,1H3,(H2,10,11);6-7H,2-5H2,1H3,(H2,9,10);2*1-2H3/t5-,6+,7-,8-;6-,7+;;/m11../s1. The molecule has 0 radical (unpaired) electrons. The van der Waals surface area contributed by atoms with Gasteiger partial charge in [0.05, 0.1) is 0 Å². The molecule has 0 unspecified atom stereocenters. The van der Waals surface area contributed by atoms with Gasteiger partial charge in [-0.15, -0.1) is 0 Å². The van der Waals surface area contributed by atoms with Gasteiger partial charge in [-0.3, -0.25) is 9.59 Å². The largest absolute Gasteiger partial charge is 0.369 e. The van der Waals surface area contributed by atoms with Crippen LogP contribution >= 0.6 is 0 Å². The summed E-state index contributed by atoms with van der Waals surface area (Å²) in [6.45, 7) is 12.2. The van der Waals surface area contributed by atoms with Crippen LogP contribution in [0, 0.1) is 35.5 Å². The van der Waals surface area contributed by atoms with E-state index >= 15 is 0 Å². The molecule has 6 atom stereocenters. The van der Waals surface area contributed by atoms with Gasteiger partial charge >= 0.3 is 0 Å². The maximum absolute atomic E-state index is 11.0. The second kappa shape index (κ2) is 12.1. The molecule has 2 amide bonds. The van der Waals surface area contributed by atoms with E-state index in [9.17, 15) is 9.59 Å². The number of allylic oxidation sites excluding steroid dienone is 2. The molecule has 0 heterocycles. The average Bonchev–Trinajstić information content (AvgIpc) is 3.20. The summed E-state index contributed by atoms with van der Waals surface area (Å²) in [5.74, 6) is 2.12. The van der Waals surface area contributed by atoms with E-state index in [4.69, 9.17) is 11.5 Å². The van der Waals surface area contributed by atoms with Crippen LogP contribution in [0.2, 0.25) is 0 Å². The number of hydrogen-bond acceptors (Lipinski definition) is 2. The monoisotopic (exact) mass is 352 g/mol. The van der Waals surface area contributed by atoms with Crippen LogP contribution in [0.15, 0.2) is 12.2 Å². The second-order valence-corrected chi connectivity index (χ2v) is 7.01. The maximum Gasteiger partial charge on any atom is 0.221 e. The van der Waals surface area contributed by atoms with Crippen molar-refractivity contribution in [3.8, 4) is 0 Å². The van der Waals surface area contributed by atoms with E-state index in [0.29, 0.717) is 23.7 Å². The lowest BCUT2D eigenvalue weighted by molar-refractivity contribution is -0.124. The quantitative estimate of drug-likeness (QED) is 0.727. The number of carbonyl (C=O) groups is 2. The Morgan fingerprint density at radius 2 is 1.36 bits per heavy atom. The van der Waals surface area contributed by atoms with Crippen LogP contribution in [-0.2, 0) is 9.59 Å². The Balaban J connectivity index is 0.000000387. The fourth-order valence-corrected chi connectivity index (χ4v) is 4.28. The van der Waals surface area contributed by atoms with Crippen molar-refractivity contribution in [1.82, 2.24) is 0 Å². The van der Waals surface area contributed by atoms with Crippen molar-refractivity contribution in [2.24, 2.45) is 47.0 Å². The summed E-state index contributed by atoms with van der Waals surface area (Å²) in [6.07, 6.45) is 10.2. The predicted octanol–water partition coefficient (Wildman–Crippen LogP) is 4.28. The van der Waals surface area contributed by atoms with Crippen LogP contribution in [0.4, 0.5) is 0 Å². The highest BCUT2D eigenvalue weighted by Gasteiger charge is 2.44. The number of amides is 2. The third-order valence-electron chi connectivity index (χ3n) is 5.66. The van der Waals surface area contributed by atoms with Crippen molar-refractivity contribution >= 4 is 11.8 Å². The molecule has 2 fully saturated rings. The summed E-state index contributed by atoms with van der Waals surface area (Å²) in [5, 5.41) is 0. The third kappa shape index (κ3) is 6.48. The van der Waals surface area contributed by atoms with Gasteiger partial charge in [-0.2, -0.15) is 0 Å². The minimum absolute atomic E-state index is 0.104. The van der Waals surface area contributed by atoms with Gasteiger partial charge in [0.25, 0.3) is 0 Å². The van der Waals surface area contributed by atoms with Crippen molar-refractivity contribution in [2.75, 3.05) is 0 Å². The van der Waals surface area contributed by atoms with Gasteiger partial charge < -0.3 is 11.5 Å². The van der Waals surface area contributed by atoms with Gasteiger partial charge in [-0.1, -0.05) is 66.5 Å². The predicted molar refractivity (Wildman–Crippen MR) is 106 cm³/mol. The van der Waals surface area contributed by atoms with Crippen molar-refractivity contribution in [3.63, 3.8) is 0 Å². The lowest BCUT2D eigenvalue weighted by Gasteiger charge is -2.25. The zero-order valence-electron chi connectivity index (χ0n) is 17.1. The lowest BCUT2D eigenvalue weighted by atomic mass is 9.80. The first-order valence-electron chi connectivity index (χ1n) is 10.2. The van der Waals surface area contributed by atoms with Crippen LogP contribution < -0.4 is 11.5 Å². The molecule has 2 bridgehead atoms. The molecule has 0 aromatic heterocycles. The molecule has 2 saturated carbocycles. The van der Waals surface area contributed by atoms with Crippen LogP contribution in [-0.4, -0.2) is 11.8 Å². The van der Waals surface area contributed by atoms with E-state index in [1.807, 2.05) is 27.7 Å². The molecule has 3 aliphatic carbocycles. The number of carbonyl (C=O) groups excluding carboxylic acids is 2. The molecule has 0 saturated heterocycles. The van der Waals surface area contributed by atoms with E-state index in [2.05, 4.69) is 26.0 Å². The first-order chi connectivity index (χ1) is 11.9. The first-order valence-corrected chi connectivity index (χ1v) is 10.2. The molecular formula is C21H40N2O2. The summed E-state index contributed by atoms with van der Waals surface area (Å²) >= 11 is 0. The SMILES string of the molecule is CC.CC.C[C@@H]1CCCC[C@@H]1C(N)=O.C[C@H]1[C@@H](C(N)=O)[C@@H]2C=C[C@H]1C2. The Labute approximate surface area is 154 Å². The van der Waals surface area contributed by atoms with Gasteiger partial charge in [0.2, 0.25) is 11.8 Å². The average molecular weight is 353 g/mol.